The van der Waals surface area contributed by atoms with E-state index in [1.807, 2.05) is 0 Å². The molecule has 0 aromatic carbocycles. The molecule has 112 valence electrons. The summed E-state index contributed by atoms with van der Waals surface area (Å²) in [6.07, 6.45) is 10.9. The van der Waals surface area contributed by atoms with Gasteiger partial charge < -0.3 is 14.2 Å². The van der Waals surface area contributed by atoms with Crippen LogP contribution in [-0.2, 0) is 29.9 Å². The molecule has 1 N–H and O–H groups in total. The molecule has 1 unspecified atom stereocenters. The van der Waals surface area contributed by atoms with E-state index in [4.69, 9.17) is 17.5 Å². The van der Waals surface area contributed by atoms with Gasteiger partial charge in [0.2, 0.25) is 0 Å². The smallest absolute Gasteiger partial charge is 0.759 e. The van der Waals surface area contributed by atoms with Crippen LogP contribution in [0.15, 0.2) is 0 Å². The van der Waals surface area contributed by atoms with Gasteiger partial charge in [0.1, 0.15) is 0 Å². The third-order valence-corrected chi connectivity index (χ3v) is 2.53. The summed E-state index contributed by atoms with van der Waals surface area (Å²) < 4.78 is 34.1. The second-order valence-corrected chi connectivity index (χ2v) is 5.22. The molecule has 0 aliphatic heterocycles. The molecule has 0 bridgehead atoms. The molecule has 0 amide bonds. The maximum Gasteiger partial charge on any atom is 2.00 e. The van der Waals surface area contributed by atoms with Gasteiger partial charge in [0.05, 0.1) is 6.10 Å². The van der Waals surface area contributed by atoms with E-state index in [-0.39, 0.29) is 25.6 Å². The summed E-state index contributed by atoms with van der Waals surface area (Å²) in [7, 11) is -5.17. The van der Waals surface area contributed by atoms with Crippen LogP contribution in [0.25, 0.3) is 0 Å². The van der Waals surface area contributed by atoms with Crippen molar-refractivity contribution in [3.05, 3.63) is 0 Å². The van der Waals surface area contributed by atoms with E-state index in [9.17, 15) is 5.11 Å². The normalized spacial score (nSPS) is 12.1. The van der Waals surface area contributed by atoms with Crippen molar-refractivity contribution in [3.63, 3.8) is 0 Å². The summed E-state index contributed by atoms with van der Waals surface area (Å²) in [5.41, 5.74) is 0. The molecule has 0 heterocycles. The van der Waals surface area contributed by atoms with Crippen molar-refractivity contribution in [2.45, 2.75) is 77.7 Å². The van der Waals surface area contributed by atoms with Gasteiger partial charge in [0, 0.05) is 10.4 Å². The molecule has 5 nitrogen and oxygen atoms in total. The molecule has 0 radical (unpaired) electrons. The van der Waals surface area contributed by atoms with Gasteiger partial charge in [-0.15, -0.1) is 0 Å². The van der Waals surface area contributed by atoms with Crippen LogP contribution in [0.5, 0.6) is 0 Å². The molecule has 0 aliphatic rings. The van der Waals surface area contributed by atoms with Gasteiger partial charge in [-0.05, 0) is 12.8 Å². The van der Waals surface area contributed by atoms with Gasteiger partial charge >= 0.3 is 19.5 Å². The fourth-order valence-corrected chi connectivity index (χ4v) is 1.57. The van der Waals surface area contributed by atoms with Crippen molar-refractivity contribution >= 4 is 10.4 Å². The molecule has 0 spiro atoms. The molecule has 1 atom stereocenters. The third-order valence-electron chi connectivity index (χ3n) is 2.53. The summed E-state index contributed by atoms with van der Waals surface area (Å²) in [4.78, 5) is 0. The van der Waals surface area contributed by atoms with Crippen LogP contribution >= 0.6 is 0 Å². The minimum absolute atomic E-state index is 0. The van der Waals surface area contributed by atoms with Crippen LogP contribution in [0.3, 0.4) is 0 Å². The SMILES string of the molecule is CCCCCCCC(O)CCCC.O=S(=O)([O-])[O-].[Zn+2]. The number of unbranched alkanes of at least 4 members (excludes halogenated alkanes) is 5. The maximum atomic E-state index is 9.54. The van der Waals surface area contributed by atoms with Gasteiger partial charge in [-0.3, -0.25) is 8.42 Å². The summed E-state index contributed by atoms with van der Waals surface area (Å²) >= 11 is 0. The first-order valence-electron chi connectivity index (χ1n) is 6.66. The molecule has 0 aromatic heterocycles. The van der Waals surface area contributed by atoms with E-state index in [1.165, 1.54) is 44.9 Å². The predicted molar refractivity (Wildman–Crippen MR) is 69.4 cm³/mol. The van der Waals surface area contributed by atoms with Gasteiger partial charge in [-0.2, -0.15) is 0 Å². The van der Waals surface area contributed by atoms with E-state index < -0.39 is 10.4 Å². The zero-order valence-electron chi connectivity index (χ0n) is 12.1. The van der Waals surface area contributed by atoms with Crippen molar-refractivity contribution in [1.29, 1.82) is 0 Å². The molecule has 0 aromatic rings. The molecule has 0 aliphatic carbocycles. The van der Waals surface area contributed by atoms with Crippen LogP contribution in [-0.4, -0.2) is 28.7 Å². The monoisotopic (exact) mass is 346 g/mol. The molecular formula is C12H26O5SZn. The first-order valence-corrected chi connectivity index (χ1v) is 7.99. The molecule has 19 heavy (non-hydrogen) atoms. The Kier molecular flexibility index (Phi) is 21.3. The Morgan fingerprint density at radius 2 is 1.26 bits per heavy atom. The van der Waals surface area contributed by atoms with E-state index >= 15 is 0 Å². The Balaban J connectivity index is -0.000000366. The van der Waals surface area contributed by atoms with Gasteiger partial charge in [-0.1, -0.05) is 58.8 Å². The number of hydrogen-bond donors (Lipinski definition) is 1. The summed E-state index contributed by atoms with van der Waals surface area (Å²) in [5.74, 6) is 0. The van der Waals surface area contributed by atoms with Crippen molar-refractivity contribution < 1.29 is 42.1 Å². The van der Waals surface area contributed by atoms with Gasteiger partial charge in [-0.25, -0.2) is 0 Å². The predicted octanol–water partition coefficient (Wildman–Crippen LogP) is 2.56. The minimum Gasteiger partial charge on any atom is -0.759 e. The van der Waals surface area contributed by atoms with Crippen LogP contribution in [0, 0.1) is 0 Å². The fourth-order valence-electron chi connectivity index (χ4n) is 1.57. The van der Waals surface area contributed by atoms with Gasteiger partial charge in [0.15, 0.2) is 0 Å². The molecule has 0 rings (SSSR count). The molecule has 7 heteroatoms. The number of rotatable bonds is 9. The van der Waals surface area contributed by atoms with Crippen LogP contribution in [0.1, 0.15) is 71.6 Å². The van der Waals surface area contributed by atoms with Crippen molar-refractivity contribution in [2.75, 3.05) is 0 Å². The minimum atomic E-state index is -5.17. The zero-order chi connectivity index (χ0) is 14.4. The second kappa shape index (κ2) is 16.5. The largest absolute Gasteiger partial charge is 2.00 e. The Labute approximate surface area is 130 Å². The summed E-state index contributed by atoms with van der Waals surface area (Å²) in [5, 5.41) is 9.54. The van der Waals surface area contributed by atoms with E-state index in [1.54, 1.807) is 0 Å². The Morgan fingerprint density at radius 1 is 0.895 bits per heavy atom. The van der Waals surface area contributed by atoms with E-state index in [0.717, 1.165) is 12.8 Å². The first-order chi connectivity index (χ1) is 8.31. The van der Waals surface area contributed by atoms with Crippen LogP contribution in [0.2, 0.25) is 0 Å². The van der Waals surface area contributed by atoms with Crippen molar-refractivity contribution in [1.82, 2.24) is 0 Å². The Morgan fingerprint density at radius 3 is 1.68 bits per heavy atom. The Hall–Kier alpha value is 0.453. The average Bonchev–Trinajstić information content (AvgIpc) is 2.24. The summed E-state index contributed by atoms with van der Waals surface area (Å²) in [6, 6.07) is 0. The van der Waals surface area contributed by atoms with Crippen LogP contribution in [0.4, 0.5) is 0 Å². The standard InChI is InChI=1S/C12H26O.H2O4S.Zn/c1-3-5-7-8-9-11-12(13)10-6-4-2;1-5(2,3)4;/h12-13H,3-11H2,1-2H3;(H2,1,2,3,4);/q;;+2/p-2. The van der Waals surface area contributed by atoms with Crippen LogP contribution < -0.4 is 0 Å². The third kappa shape index (κ3) is 38.1. The summed E-state index contributed by atoms with van der Waals surface area (Å²) in [6.45, 7) is 4.41. The van der Waals surface area contributed by atoms with Crippen molar-refractivity contribution in [2.24, 2.45) is 0 Å². The first kappa shape index (κ1) is 24.5. The van der Waals surface area contributed by atoms with E-state index in [2.05, 4.69) is 13.8 Å². The molecule has 0 fully saturated rings. The molecule has 0 saturated heterocycles. The van der Waals surface area contributed by atoms with Crippen molar-refractivity contribution in [3.8, 4) is 0 Å². The number of hydrogen-bond acceptors (Lipinski definition) is 5. The quantitative estimate of drug-likeness (QED) is 0.299. The maximum absolute atomic E-state index is 9.54. The zero-order valence-corrected chi connectivity index (χ0v) is 15.9. The Bertz CT molecular complexity index is 249. The van der Waals surface area contributed by atoms with E-state index in [0.29, 0.717) is 0 Å². The average molecular weight is 348 g/mol. The topological polar surface area (TPSA) is 100 Å². The molecular weight excluding hydrogens is 322 g/mol. The number of aliphatic hydroxyl groups is 1. The number of aliphatic hydroxyl groups excluding tert-OH is 1. The second-order valence-electron chi connectivity index (χ2n) is 4.41. The fraction of sp³-hybridized carbons (Fsp3) is 1.00. The molecule has 0 saturated carbocycles. The van der Waals surface area contributed by atoms with Gasteiger partial charge in [0.25, 0.3) is 0 Å².